The van der Waals surface area contributed by atoms with Gasteiger partial charge in [0, 0.05) is 35.6 Å². The largest absolute Gasteiger partial charge is 0.356 e. The van der Waals surface area contributed by atoms with E-state index < -0.39 is 0 Å². The molecule has 32 heavy (non-hydrogen) atoms. The smallest absolute Gasteiger partial charge is 0.223 e. The molecule has 1 spiro atoms. The number of rotatable bonds is 4. The van der Waals surface area contributed by atoms with E-state index >= 15 is 0 Å². The Hall–Kier alpha value is -2.59. The summed E-state index contributed by atoms with van der Waals surface area (Å²) in [4.78, 5) is 21.5. The van der Waals surface area contributed by atoms with Crippen LogP contribution in [0.15, 0.2) is 54.6 Å². The molecular weight excluding hydrogens is 394 g/mol. The first-order chi connectivity index (χ1) is 15.5. The summed E-state index contributed by atoms with van der Waals surface area (Å²) in [7, 11) is 4.40. The standard InChI is InChI=1S/C28H35N3O/c1-4-25(32)31-19-16-23-22-12-8-9-13-24(22)29-27(23)28(31)17-14-21(15-18-28)26(30(2)3)20-10-6-5-7-11-20/h5-13,21,26,29H,4,14-19H2,1-3H3. The van der Waals surface area contributed by atoms with E-state index in [9.17, 15) is 4.79 Å². The first-order valence-corrected chi connectivity index (χ1v) is 12.2. The van der Waals surface area contributed by atoms with Crippen LogP contribution in [0, 0.1) is 5.92 Å². The zero-order chi connectivity index (χ0) is 22.3. The minimum Gasteiger partial charge on any atom is -0.356 e. The van der Waals surface area contributed by atoms with Crippen molar-refractivity contribution >= 4 is 16.8 Å². The van der Waals surface area contributed by atoms with Gasteiger partial charge in [-0.1, -0.05) is 55.5 Å². The van der Waals surface area contributed by atoms with Gasteiger partial charge in [0.25, 0.3) is 0 Å². The van der Waals surface area contributed by atoms with Crippen LogP contribution in [-0.4, -0.2) is 41.3 Å². The van der Waals surface area contributed by atoms with E-state index in [1.807, 2.05) is 6.92 Å². The number of H-pyrrole nitrogens is 1. The molecule has 3 aromatic rings. The number of carbonyl (C=O) groups is 1. The molecular formula is C28H35N3O. The molecule has 1 saturated carbocycles. The second kappa shape index (κ2) is 8.40. The molecule has 1 unspecified atom stereocenters. The second-order valence-corrected chi connectivity index (χ2v) is 9.86. The Morgan fingerprint density at radius 3 is 2.47 bits per heavy atom. The predicted molar refractivity (Wildman–Crippen MR) is 131 cm³/mol. The number of para-hydroxylation sites is 1. The lowest BCUT2D eigenvalue weighted by atomic mass is 9.68. The number of benzene rings is 2. The molecule has 5 rings (SSSR count). The topological polar surface area (TPSA) is 39.3 Å². The lowest BCUT2D eigenvalue weighted by molar-refractivity contribution is -0.141. The van der Waals surface area contributed by atoms with Gasteiger partial charge in [-0.25, -0.2) is 0 Å². The highest BCUT2D eigenvalue weighted by Gasteiger charge is 2.49. The number of nitrogens with one attached hydrogen (secondary N) is 1. The Bertz CT molecular complexity index is 1090. The molecule has 1 aliphatic carbocycles. The van der Waals surface area contributed by atoms with Crippen molar-refractivity contribution in [2.75, 3.05) is 20.6 Å². The van der Waals surface area contributed by atoms with Crippen molar-refractivity contribution in [1.29, 1.82) is 0 Å². The van der Waals surface area contributed by atoms with Crippen LogP contribution in [0.3, 0.4) is 0 Å². The molecule has 2 aliphatic rings. The molecule has 0 radical (unpaired) electrons. The first-order valence-electron chi connectivity index (χ1n) is 12.2. The SMILES string of the molecule is CCC(=O)N1CCc2c([nH]c3ccccc23)C12CCC(C(c1ccccc1)N(C)C)CC2. The van der Waals surface area contributed by atoms with Gasteiger partial charge in [-0.15, -0.1) is 0 Å². The Balaban J connectivity index is 1.51. The van der Waals surface area contributed by atoms with Crippen molar-refractivity contribution in [1.82, 2.24) is 14.8 Å². The van der Waals surface area contributed by atoms with Gasteiger partial charge < -0.3 is 14.8 Å². The first kappa shape index (κ1) is 21.3. The van der Waals surface area contributed by atoms with Crippen LogP contribution >= 0.6 is 0 Å². The van der Waals surface area contributed by atoms with Crippen LogP contribution in [0.4, 0.5) is 0 Å². The molecule has 1 atom stereocenters. The van der Waals surface area contributed by atoms with Crippen molar-refractivity contribution in [3.8, 4) is 0 Å². The fourth-order valence-corrected chi connectivity index (χ4v) is 6.58. The summed E-state index contributed by atoms with van der Waals surface area (Å²) in [5.41, 5.74) is 5.16. The fourth-order valence-electron chi connectivity index (χ4n) is 6.58. The average Bonchev–Trinajstić information content (AvgIpc) is 3.21. The quantitative estimate of drug-likeness (QED) is 0.582. The summed E-state index contributed by atoms with van der Waals surface area (Å²) in [6, 6.07) is 20.0. The summed E-state index contributed by atoms with van der Waals surface area (Å²) >= 11 is 0. The highest BCUT2D eigenvalue weighted by atomic mass is 16.2. The van der Waals surface area contributed by atoms with E-state index in [-0.39, 0.29) is 5.54 Å². The van der Waals surface area contributed by atoms with Gasteiger partial charge in [0.1, 0.15) is 0 Å². The van der Waals surface area contributed by atoms with Crippen molar-refractivity contribution in [3.05, 3.63) is 71.4 Å². The zero-order valence-electron chi connectivity index (χ0n) is 19.6. The number of nitrogens with zero attached hydrogens (tertiary/aromatic N) is 2. The maximum Gasteiger partial charge on any atom is 0.223 e. The number of fused-ring (bicyclic) bond motifs is 4. The monoisotopic (exact) mass is 429 g/mol. The molecule has 2 heterocycles. The Kier molecular flexibility index (Phi) is 5.58. The van der Waals surface area contributed by atoms with Gasteiger partial charge in [-0.05, 0) is 69.3 Å². The molecule has 1 aromatic heterocycles. The van der Waals surface area contributed by atoms with E-state index in [0.717, 1.165) is 38.6 Å². The van der Waals surface area contributed by atoms with Crippen molar-refractivity contribution < 1.29 is 4.79 Å². The molecule has 168 valence electrons. The number of aromatic amines is 1. The predicted octanol–water partition coefficient (Wildman–Crippen LogP) is 5.65. The normalized spacial score (nSPS) is 24.1. The lowest BCUT2D eigenvalue weighted by Crippen LogP contribution is -2.55. The number of aromatic nitrogens is 1. The van der Waals surface area contributed by atoms with Gasteiger partial charge in [0.2, 0.25) is 5.91 Å². The third-order valence-electron chi connectivity index (χ3n) is 7.99. The van der Waals surface area contributed by atoms with Crippen LogP contribution in [0.2, 0.25) is 0 Å². The Morgan fingerprint density at radius 2 is 1.78 bits per heavy atom. The molecule has 4 nitrogen and oxygen atoms in total. The van der Waals surface area contributed by atoms with Crippen LogP contribution in [0.5, 0.6) is 0 Å². The maximum atomic E-state index is 13.1. The van der Waals surface area contributed by atoms with Gasteiger partial charge in [0.05, 0.1) is 5.54 Å². The second-order valence-electron chi connectivity index (χ2n) is 9.86. The maximum absolute atomic E-state index is 13.1. The van der Waals surface area contributed by atoms with E-state index in [2.05, 4.69) is 83.5 Å². The third-order valence-corrected chi connectivity index (χ3v) is 7.99. The van der Waals surface area contributed by atoms with Crippen LogP contribution in [0.25, 0.3) is 10.9 Å². The van der Waals surface area contributed by atoms with E-state index in [1.54, 1.807) is 0 Å². The Morgan fingerprint density at radius 1 is 1.09 bits per heavy atom. The molecule has 1 fully saturated rings. The summed E-state index contributed by atoms with van der Waals surface area (Å²) in [6.07, 6.45) is 5.83. The van der Waals surface area contributed by atoms with E-state index in [1.165, 1.54) is 27.7 Å². The number of hydrogen-bond acceptors (Lipinski definition) is 2. The van der Waals surface area contributed by atoms with Gasteiger partial charge in [0.15, 0.2) is 0 Å². The van der Waals surface area contributed by atoms with Gasteiger partial charge in [-0.3, -0.25) is 4.79 Å². The summed E-state index contributed by atoms with van der Waals surface area (Å²) < 4.78 is 0. The number of amides is 1. The van der Waals surface area contributed by atoms with E-state index in [4.69, 9.17) is 0 Å². The lowest BCUT2D eigenvalue weighted by Gasteiger charge is -2.52. The van der Waals surface area contributed by atoms with Crippen molar-refractivity contribution in [2.45, 2.75) is 57.0 Å². The van der Waals surface area contributed by atoms with Crippen LogP contribution < -0.4 is 0 Å². The highest BCUT2D eigenvalue weighted by molar-refractivity contribution is 5.86. The summed E-state index contributed by atoms with van der Waals surface area (Å²) in [5.74, 6) is 0.881. The summed E-state index contributed by atoms with van der Waals surface area (Å²) in [5, 5.41) is 1.34. The molecule has 4 heteroatoms. The van der Waals surface area contributed by atoms with Crippen LogP contribution in [0.1, 0.15) is 61.9 Å². The van der Waals surface area contributed by atoms with Crippen molar-refractivity contribution in [3.63, 3.8) is 0 Å². The minimum absolute atomic E-state index is 0.191. The molecule has 0 bridgehead atoms. The number of carbonyl (C=O) groups excluding carboxylic acids is 1. The summed E-state index contributed by atoms with van der Waals surface area (Å²) in [6.45, 7) is 2.84. The Labute approximate surface area is 191 Å². The minimum atomic E-state index is -0.191. The average molecular weight is 430 g/mol. The third kappa shape index (κ3) is 3.36. The number of hydrogen-bond donors (Lipinski definition) is 1. The molecule has 2 aromatic carbocycles. The van der Waals surface area contributed by atoms with E-state index in [0.29, 0.717) is 24.3 Å². The molecule has 1 N–H and O–H groups in total. The highest BCUT2D eigenvalue weighted by Crippen LogP contribution is 2.51. The van der Waals surface area contributed by atoms with Gasteiger partial charge >= 0.3 is 0 Å². The van der Waals surface area contributed by atoms with Gasteiger partial charge in [-0.2, -0.15) is 0 Å². The zero-order valence-corrected chi connectivity index (χ0v) is 19.6. The fraction of sp³-hybridized carbons (Fsp3) is 0.464. The van der Waals surface area contributed by atoms with Crippen LogP contribution in [-0.2, 0) is 16.8 Å². The molecule has 1 amide bonds. The molecule has 0 saturated heterocycles. The molecule has 1 aliphatic heterocycles. The van der Waals surface area contributed by atoms with Crippen molar-refractivity contribution in [2.24, 2.45) is 5.92 Å².